The summed E-state index contributed by atoms with van der Waals surface area (Å²) >= 11 is 2.45. The van der Waals surface area contributed by atoms with Crippen LogP contribution in [-0.2, 0) is 11.2 Å². The molecule has 0 unspecified atom stereocenters. The molecule has 0 saturated heterocycles. The second-order valence-corrected chi connectivity index (χ2v) is 5.26. The van der Waals surface area contributed by atoms with E-state index in [9.17, 15) is 9.59 Å². The van der Waals surface area contributed by atoms with Crippen molar-refractivity contribution in [2.75, 3.05) is 12.4 Å². The highest BCUT2D eigenvalue weighted by atomic mass is 32.1. The maximum Gasteiger partial charge on any atom is 0.309 e. The van der Waals surface area contributed by atoms with Crippen molar-refractivity contribution in [3.8, 4) is 5.75 Å². The molecular formula is C11H10N2O4S2. The second-order valence-electron chi connectivity index (χ2n) is 3.49. The highest BCUT2D eigenvalue weighted by Crippen LogP contribution is 2.26. The zero-order valence-corrected chi connectivity index (χ0v) is 11.5. The third-order valence-electron chi connectivity index (χ3n) is 2.16. The molecule has 0 bridgehead atoms. The molecule has 0 spiro atoms. The van der Waals surface area contributed by atoms with Crippen LogP contribution < -0.4 is 10.1 Å². The van der Waals surface area contributed by atoms with Crippen molar-refractivity contribution in [3.05, 3.63) is 27.4 Å². The van der Waals surface area contributed by atoms with Crippen LogP contribution in [-0.4, -0.2) is 29.1 Å². The molecule has 2 rings (SSSR count). The average Bonchev–Trinajstić information content (AvgIpc) is 2.96. The van der Waals surface area contributed by atoms with E-state index in [0.717, 1.165) is 0 Å². The van der Waals surface area contributed by atoms with Gasteiger partial charge in [-0.3, -0.25) is 14.9 Å². The molecule has 2 aromatic heterocycles. The van der Waals surface area contributed by atoms with Crippen LogP contribution >= 0.6 is 22.7 Å². The highest BCUT2D eigenvalue weighted by molar-refractivity contribution is 7.14. The average molecular weight is 298 g/mol. The first kappa shape index (κ1) is 13.5. The van der Waals surface area contributed by atoms with Crippen molar-refractivity contribution >= 4 is 39.7 Å². The normalized spacial score (nSPS) is 10.2. The summed E-state index contributed by atoms with van der Waals surface area (Å²) in [5, 5.41) is 15.0. The molecule has 0 saturated carbocycles. The van der Waals surface area contributed by atoms with Gasteiger partial charge in [0.15, 0.2) is 5.13 Å². The van der Waals surface area contributed by atoms with Crippen LogP contribution in [0.25, 0.3) is 0 Å². The second kappa shape index (κ2) is 5.81. The third-order valence-corrected chi connectivity index (χ3v) is 3.86. The maximum absolute atomic E-state index is 12.0. The molecule has 8 heteroatoms. The van der Waals surface area contributed by atoms with Crippen molar-refractivity contribution in [1.29, 1.82) is 0 Å². The number of carbonyl (C=O) groups is 2. The Labute approximate surface area is 116 Å². The van der Waals surface area contributed by atoms with E-state index in [4.69, 9.17) is 9.84 Å². The number of hydrogen-bond acceptors (Lipinski definition) is 6. The number of thiazole rings is 1. The highest BCUT2D eigenvalue weighted by Gasteiger charge is 2.15. The number of rotatable bonds is 5. The number of thiophene rings is 1. The molecule has 2 aromatic rings. The van der Waals surface area contributed by atoms with Crippen molar-refractivity contribution < 1.29 is 19.4 Å². The number of aromatic nitrogens is 1. The van der Waals surface area contributed by atoms with Crippen LogP contribution in [0.1, 0.15) is 15.4 Å². The van der Waals surface area contributed by atoms with Gasteiger partial charge in [-0.15, -0.1) is 22.7 Å². The Morgan fingerprint density at radius 1 is 1.47 bits per heavy atom. The van der Waals surface area contributed by atoms with Crippen molar-refractivity contribution in [1.82, 2.24) is 4.98 Å². The van der Waals surface area contributed by atoms with E-state index in [1.54, 1.807) is 16.8 Å². The molecule has 100 valence electrons. The summed E-state index contributed by atoms with van der Waals surface area (Å²) in [5.74, 6) is -0.768. The Morgan fingerprint density at radius 2 is 2.26 bits per heavy atom. The molecule has 0 aliphatic carbocycles. The Hall–Kier alpha value is -1.93. The van der Waals surface area contributed by atoms with Crippen molar-refractivity contribution in [2.45, 2.75) is 6.42 Å². The van der Waals surface area contributed by atoms with E-state index in [1.165, 1.54) is 29.8 Å². The van der Waals surface area contributed by atoms with Crippen LogP contribution in [0.5, 0.6) is 5.75 Å². The molecule has 0 atom stereocenters. The fourth-order valence-electron chi connectivity index (χ4n) is 1.38. The number of carboxylic acid groups (broad SMARTS) is 1. The molecule has 19 heavy (non-hydrogen) atoms. The summed E-state index contributed by atoms with van der Waals surface area (Å²) in [6.07, 6.45) is -0.158. The van der Waals surface area contributed by atoms with E-state index >= 15 is 0 Å². The number of nitrogens with zero attached hydrogens (tertiary/aromatic N) is 1. The fourth-order valence-corrected chi connectivity index (χ4v) is 2.84. The van der Waals surface area contributed by atoms with Crippen LogP contribution in [0.3, 0.4) is 0 Å². The Bertz CT molecular complexity index is 605. The summed E-state index contributed by atoms with van der Waals surface area (Å²) in [7, 11) is 1.49. The number of carboxylic acids is 1. The Kier molecular flexibility index (Phi) is 4.13. The molecule has 1 amide bonds. The number of ether oxygens (including phenoxy) is 1. The van der Waals surface area contributed by atoms with E-state index in [0.29, 0.717) is 21.5 Å². The first-order valence-corrected chi connectivity index (χ1v) is 6.95. The number of aliphatic carboxylic acids is 1. The molecule has 0 radical (unpaired) electrons. The molecule has 2 N–H and O–H groups in total. The van der Waals surface area contributed by atoms with Gasteiger partial charge in [-0.1, -0.05) is 0 Å². The van der Waals surface area contributed by atoms with Crippen molar-refractivity contribution in [3.63, 3.8) is 0 Å². The Morgan fingerprint density at radius 3 is 2.95 bits per heavy atom. The number of anilines is 1. The maximum atomic E-state index is 12.0. The van der Waals surface area contributed by atoms with Crippen LogP contribution in [0.4, 0.5) is 5.13 Å². The quantitative estimate of drug-likeness (QED) is 0.882. The van der Waals surface area contributed by atoms with Gasteiger partial charge in [0.25, 0.3) is 5.91 Å². The predicted molar refractivity (Wildman–Crippen MR) is 72.3 cm³/mol. The third kappa shape index (κ3) is 3.30. The zero-order valence-electron chi connectivity index (χ0n) is 9.87. The molecular weight excluding hydrogens is 288 g/mol. The molecule has 6 nitrogen and oxygen atoms in total. The number of nitrogens with one attached hydrogen (secondary N) is 1. The van der Waals surface area contributed by atoms with Crippen molar-refractivity contribution in [2.24, 2.45) is 0 Å². The zero-order chi connectivity index (χ0) is 13.8. The van der Waals surface area contributed by atoms with E-state index < -0.39 is 5.97 Å². The van der Waals surface area contributed by atoms with Gasteiger partial charge in [0.05, 0.1) is 19.2 Å². The fraction of sp³-hybridized carbons (Fsp3) is 0.182. The van der Waals surface area contributed by atoms with Gasteiger partial charge in [-0.25, -0.2) is 4.98 Å². The van der Waals surface area contributed by atoms with Gasteiger partial charge < -0.3 is 9.84 Å². The summed E-state index contributed by atoms with van der Waals surface area (Å²) in [6.45, 7) is 0. The first-order valence-electron chi connectivity index (χ1n) is 5.19. The molecule has 0 aromatic carbocycles. The van der Waals surface area contributed by atoms with Crippen LogP contribution in [0.2, 0.25) is 0 Å². The lowest BCUT2D eigenvalue weighted by atomic mass is 10.3. The van der Waals surface area contributed by atoms with Gasteiger partial charge in [0.1, 0.15) is 10.6 Å². The minimum Gasteiger partial charge on any atom is -0.495 e. The van der Waals surface area contributed by atoms with Gasteiger partial charge in [0, 0.05) is 5.38 Å². The largest absolute Gasteiger partial charge is 0.495 e. The summed E-state index contributed by atoms with van der Waals surface area (Å²) in [5.41, 5.74) is 0.422. The topological polar surface area (TPSA) is 88.5 Å². The minimum absolute atomic E-state index is 0.158. The van der Waals surface area contributed by atoms with Gasteiger partial charge in [0.2, 0.25) is 0 Å². The molecule has 0 aliphatic heterocycles. The first-order chi connectivity index (χ1) is 9.10. The van der Waals surface area contributed by atoms with E-state index in [-0.39, 0.29) is 12.3 Å². The summed E-state index contributed by atoms with van der Waals surface area (Å²) in [4.78, 5) is 27.0. The molecule has 2 heterocycles. The van der Waals surface area contributed by atoms with Crippen LogP contribution in [0.15, 0.2) is 16.8 Å². The van der Waals surface area contributed by atoms with Crippen LogP contribution in [0, 0.1) is 0 Å². The Balaban J connectivity index is 2.07. The minimum atomic E-state index is -0.955. The summed E-state index contributed by atoms with van der Waals surface area (Å²) < 4.78 is 5.06. The number of hydrogen-bond donors (Lipinski definition) is 2. The predicted octanol–water partition coefficient (Wildman–Crippen LogP) is 2.09. The van der Waals surface area contributed by atoms with Gasteiger partial charge >= 0.3 is 5.97 Å². The lowest BCUT2D eigenvalue weighted by Gasteiger charge is -2.01. The lowest BCUT2D eigenvalue weighted by Crippen LogP contribution is -2.11. The van der Waals surface area contributed by atoms with E-state index in [2.05, 4.69) is 10.3 Å². The lowest BCUT2D eigenvalue weighted by molar-refractivity contribution is -0.136. The standard InChI is InChI=1S/C11H10N2O4S2/c1-17-7-2-3-18-9(7)10(16)13-11-12-6(5-19-11)4-8(14)15/h2-3,5H,4H2,1H3,(H,14,15)(H,12,13,16). The van der Waals surface area contributed by atoms with E-state index in [1.807, 2.05) is 0 Å². The number of carbonyl (C=O) groups excluding carboxylic acids is 1. The van der Waals surface area contributed by atoms with Gasteiger partial charge in [-0.2, -0.15) is 0 Å². The summed E-state index contributed by atoms with van der Waals surface area (Å²) in [6, 6.07) is 1.71. The monoisotopic (exact) mass is 298 g/mol. The molecule has 0 fully saturated rings. The smallest absolute Gasteiger partial charge is 0.309 e. The number of amides is 1. The number of methoxy groups -OCH3 is 1. The van der Waals surface area contributed by atoms with Gasteiger partial charge in [-0.05, 0) is 11.4 Å². The molecule has 0 aliphatic rings. The SMILES string of the molecule is COc1ccsc1C(=O)Nc1nc(CC(=O)O)cs1.